The van der Waals surface area contributed by atoms with Crippen LogP contribution in [0, 0.1) is 18.3 Å². The third kappa shape index (κ3) is 2.29. The van der Waals surface area contributed by atoms with Gasteiger partial charge in [0.2, 0.25) is 0 Å². The fourth-order valence-electron chi connectivity index (χ4n) is 5.41. The molecular formula is C25H22O3. The first-order valence-electron chi connectivity index (χ1n) is 9.74. The molecule has 0 radical (unpaired) electrons. The molecule has 1 spiro atoms. The molecule has 2 bridgehead atoms. The Kier molecular flexibility index (Phi) is 3.70. The molecule has 0 heterocycles. The van der Waals surface area contributed by atoms with Gasteiger partial charge in [-0.2, -0.15) is 0 Å². The summed E-state index contributed by atoms with van der Waals surface area (Å²) in [5, 5.41) is 0. The number of fused-ring (bicyclic) bond motifs is 3. The van der Waals surface area contributed by atoms with Crippen LogP contribution in [0.3, 0.4) is 0 Å². The van der Waals surface area contributed by atoms with Crippen molar-refractivity contribution in [3.63, 3.8) is 0 Å². The smallest absolute Gasteiger partial charge is 0.314 e. The van der Waals surface area contributed by atoms with Crippen molar-refractivity contribution in [3.05, 3.63) is 89.0 Å². The minimum atomic E-state index is -0.537. The van der Waals surface area contributed by atoms with Gasteiger partial charge in [-0.3, -0.25) is 9.59 Å². The summed E-state index contributed by atoms with van der Waals surface area (Å²) in [4.78, 5) is 26.1. The zero-order valence-electron chi connectivity index (χ0n) is 15.9. The Morgan fingerprint density at radius 1 is 1.14 bits per heavy atom. The number of carbonyl (C=O) groups excluding carboxylic acids is 2. The minimum Gasteiger partial charge on any atom is -0.460 e. The van der Waals surface area contributed by atoms with Crippen molar-refractivity contribution in [2.45, 2.75) is 32.3 Å². The molecule has 6 rings (SSSR count). The highest BCUT2D eigenvalue weighted by Crippen LogP contribution is 2.66. The summed E-state index contributed by atoms with van der Waals surface area (Å²) in [7, 11) is 0. The van der Waals surface area contributed by atoms with Crippen molar-refractivity contribution in [1.82, 2.24) is 0 Å². The molecule has 0 aliphatic heterocycles. The van der Waals surface area contributed by atoms with Gasteiger partial charge < -0.3 is 4.74 Å². The number of Topliss-reactive ketones (excluding diaryl/α,β-unsaturated/α-hetero) is 1. The van der Waals surface area contributed by atoms with E-state index >= 15 is 0 Å². The Labute approximate surface area is 164 Å². The van der Waals surface area contributed by atoms with E-state index in [4.69, 9.17) is 4.74 Å². The Bertz CT molecular complexity index is 1030. The van der Waals surface area contributed by atoms with E-state index in [0.717, 1.165) is 33.4 Å². The Morgan fingerprint density at radius 2 is 1.93 bits per heavy atom. The minimum absolute atomic E-state index is 0.173. The lowest BCUT2D eigenvalue weighted by Crippen LogP contribution is -2.44. The van der Waals surface area contributed by atoms with Gasteiger partial charge >= 0.3 is 5.97 Å². The maximum atomic E-state index is 13.4. The van der Waals surface area contributed by atoms with E-state index < -0.39 is 11.3 Å². The first kappa shape index (κ1) is 17.2. The second kappa shape index (κ2) is 6.03. The number of rotatable bonds is 3. The van der Waals surface area contributed by atoms with E-state index in [1.807, 2.05) is 49.4 Å². The molecule has 2 aromatic rings. The monoisotopic (exact) mass is 370 g/mol. The molecule has 1 fully saturated rings. The highest BCUT2D eigenvalue weighted by molar-refractivity contribution is 6.03. The van der Waals surface area contributed by atoms with Gasteiger partial charge in [-0.1, -0.05) is 66.8 Å². The molecule has 3 heteroatoms. The molecule has 0 aromatic heterocycles. The van der Waals surface area contributed by atoms with Gasteiger partial charge in [0, 0.05) is 11.8 Å². The molecular weight excluding hydrogens is 348 g/mol. The van der Waals surface area contributed by atoms with Crippen LogP contribution in [0.15, 0.2) is 66.8 Å². The third-order valence-corrected chi connectivity index (χ3v) is 6.60. The van der Waals surface area contributed by atoms with Gasteiger partial charge in [-0.15, -0.1) is 0 Å². The van der Waals surface area contributed by atoms with Gasteiger partial charge in [0.15, 0.2) is 0 Å². The lowest BCUT2D eigenvalue weighted by Gasteiger charge is -2.46. The molecule has 3 atom stereocenters. The average Bonchev–Trinajstić information content (AvgIpc) is 2.97. The van der Waals surface area contributed by atoms with E-state index in [-0.39, 0.29) is 24.3 Å². The standard InChI is InChI=1S/C25H22O3/c1-15-7-6-10-18-20-11-19-16(2)12-25(20,13-21(19)26)23(22(15)18)24(27)28-14-17-8-4-3-5-9-17/h3-11,19,23H,2,12-14H2,1H3/t19-,23+,25-/m0/s1. The second-order valence-corrected chi connectivity index (χ2v) is 8.25. The molecule has 0 saturated heterocycles. The van der Waals surface area contributed by atoms with Gasteiger partial charge in [0.25, 0.3) is 0 Å². The highest BCUT2D eigenvalue weighted by atomic mass is 16.5. The number of hydrogen-bond acceptors (Lipinski definition) is 3. The number of ether oxygens (including phenoxy) is 1. The van der Waals surface area contributed by atoms with E-state index in [2.05, 4.69) is 18.7 Å². The van der Waals surface area contributed by atoms with Crippen LogP contribution in [0.2, 0.25) is 0 Å². The second-order valence-electron chi connectivity index (χ2n) is 8.25. The molecule has 2 aromatic carbocycles. The molecule has 1 saturated carbocycles. The van der Waals surface area contributed by atoms with Crippen LogP contribution in [0.5, 0.6) is 0 Å². The fourth-order valence-corrected chi connectivity index (χ4v) is 5.41. The number of benzene rings is 2. The molecule has 0 unspecified atom stereocenters. The molecule has 28 heavy (non-hydrogen) atoms. The first-order chi connectivity index (χ1) is 13.5. The normalized spacial score (nSPS) is 27.2. The van der Waals surface area contributed by atoms with Gasteiger partial charge in [0.05, 0.1) is 11.8 Å². The molecule has 0 N–H and O–H groups in total. The maximum Gasteiger partial charge on any atom is 0.314 e. The summed E-state index contributed by atoms with van der Waals surface area (Å²) >= 11 is 0. The highest BCUT2D eigenvalue weighted by Gasteiger charge is 2.60. The Hall–Kier alpha value is -2.94. The number of carbonyl (C=O) groups is 2. The van der Waals surface area contributed by atoms with Crippen LogP contribution in [0.1, 0.15) is 41.0 Å². The summed E-state index contributed by atoms with van der Waals surface area (Å²) in [5.74, 6) is -0.736. The van der Waals surface area contributed by atoms with Crippen LogP contribution in [0.4, 0.5) is 0 Å². The lowest BCUT2D eigenvalue weighted by atomic mass is 9.56. The van der Waals surface area contributed by atoms with Crippen LogP contribution >= 0.6 is 0 Å². The average molecular weight is 370 g/mol. The van der Waals surface area contributed by atoms with Crippen molar-refractivity contribution in [1.29, 1.82) is 0 Å². The van der Waals surface area contributed by atoms with E-state index in [1.165, 1.54) is 0 Å². The van der Waals surface area contributed by atoms with Crippen molar-refractivity contribution in [3.8, 4) is 0 Å². The van der Waals surface area contributed by atoms with Crippen LogP contribution < -0.4 is 0 Å². The van der Waals surface area contributed by atoms with Crippen LogP contribution in [-0.2, 0) is 20.9 Å². The fraction of sp³-hybridized carbons (Fsp3) is 0.280. The largest absolute Gasteiger partial charge is 0.460 e. The molecule has 4 aliphatic carbocycles. The Balaban J connectivity index is 1.59. The number of esters is 1. The van der Waals surface area contributed by atoms with E-state index in [1.54, 1.807) is 0 Å². The topological polar surface area (TPSA) is 43.4 Å². The molecule has 4 aliphatic rings. The predicted octanol–water partition coefficient (Wildman–Crippen LogP) is 4.75. The number of aryl methyl sites for hydroxylation is 1. The number of allylic oxidation sites excluding steroid dienone is 3. The third-order valence-electron chi connectivity index (χ3n) is 6.60. The van der Waals surface area contributed by atoms with Crippen LogP contribution in [0.25, 0.3) is 5.57 Å². The SMILES string of the molecule is C=C1C[C@]23CC(=O)[C@H]1C=C2c1cccc(C)c1[C@@H]3C(=O)OCc1ccccc1. The van der Waals surface area contributed by atoms with Crippen molar-refractivity contribution >= 4 is 17.3 Å². The summed E-state index contributed by atoms with van der Waals surface area (Å²) in [6.45, 7) is 6.43. The lowest BCUT2D eigenvalue weighted by molar-refractivity contribution is -0.150. The maximum absolute atomic E-state index is 13.4. The number of ketones is 1. The molecule has 0 amide bonds. The van der Waals surface area contributed by atoms with Crippen LogP contribution in [-0.4, -0.2) is 11.8 Å². The number of hydrogen-bond donors (Lipinski definition) is 0. The van der Waals surface area contributed by atoms with E-state index in [9.17, 15) is 9.59 Å². The quantitative estimate of drug-likeness (QED) is 0.578. The Morgan fingerprint density at radius 3 is 2.68 bits per heavy atom. The molecule has 140 valence electrons. The van der Waals surface area contributed by atoms with Crippen molar-refractivity contribution < 1.29 is 14.3 Å². The van der Waals surface area contributed by atoms with Crippen molar-refractivity contribution in [2.24, 2.45) is 11.3 Å². The van der Waals surface area contributed by atoms with Gasteiger partial charge in [0.1, 0.15) is 12.4 Å². The van der Waals surface area contributed by atoms with Gasteiger partial charge in [-0.25, -0.2) is 0 Å². The summed E-state index contributed by atoms with van der Waals surface area (Å²) < 4.78 is 5.78. The summed E-state index contributed by atoms with van der Waals surface area (Å²) in [5.41, 5.74) is 5.69. The van der Waals surface area contributed by atoms with E-state index in [0.29, 0.717) is 12.8 Å². The summed E-state index contributed by atoms with van der Waals surface area (Å²) in [6.07, 6.45) is 3.12. The molecule has 3 nitrogen and oxygen atoms in total. The predicted molar refractivity (Wildman–Crippen MR) is 107 cm³/mol. The van der Waals surface area contributed by atoms with Crippen molar-refractivity contribution in [2.75, 3.05) is 0 Å². The van der Waals surface area contributed by atoms with Gasteiger partial charge in [-0.05, 0) is 41.2 Å². The zero-order valence-corrected chi connectivity index (χ0v) is 15.9. The first-order valence-corrected chi connectivity index (χ1v) is 9.74. The summed E-state index contributed by atoms with van der Waals surface area (Å²) in [6, 6.07) is 15.8. The zero-order chi connectivity index (χ0) is 19.5.